The van der Waals surface area contributed by atoms with Crippen LogP contribution >= 0.6 is 11.3 Å². The normalized spacial score (nSPS) is 17.4. The molecule has 0 spiro atoms. The number of aromatic nitrogens is 1. The van der Waals surface area contributed by atoms with Gasteiger partial charge in [0.1, 0.15) is 5.76 Å². The van der Waals surface area contributed by atoms with E-state index >= 15 is 0 Å². The number of hydrogen-bond acceptors (Lipinski definition) is 5. The molecule has 0 aliphatic carbocycles. The number of thiazole rings is 1. The molecule has 1 atom stereocenters. The molecule has 25 heavy (non-hydrogen) atoms. The molecule has 0 saturated heterocycles. The van der Waals surface area contributed by atoms with Crippen molar-refractivity contribution in [1.29, 1.82) is 0 Å². The SMILES string of the molecule is Cc1ccc(-c2nc(CN3Cc4ccccc4C[C@H]3C(N)=O)cs2)o1. The third-order valence-corrected chi connectivity index (χ3v) is 5.45. The van der Waals surface area contributed by atoms with Gasteiger partial charge in [0.2, 0.25) is 5.91 Å². The van der Waals surface area contributed by atoms with Crippen LogP contribution in [0.4, 0.5) is 0 Å². The first-order valence-corrected chi connectivity index (χ1v) is 9.09. The standard InChI is InChI=1S/C19H19N3O2S/c1-12-6-7-17(24-12)19-21-15(11-25-19)10-22-9-14-5-3-2-4-13(14)8-16(22)18(20)23/h2-7,11,16H,8-10H2,1H3,(H2,20,23)/t16-/m0/s1. The molecule has 1 aliphatic heterocycles. The average molecular weight is 353 g/mol. The Bertz CT molecular complexity index is 915. The van der Waals surface area contributed by atoms with Gasteiger partial charge in [-0.05, 0) is 36.6 Å². The molecule has 0 radical (unpaired) electrons. The van der Waals surface area contributed by atoms with E-state index in [0.717, 1.165) is 22.2 Å². The first-order valence-electron chi connectivity index (χ1n) is 8.21. The van der Waals surface area contributed by atoms with Gasteiger partial charge in [-0.15, -0.1) is 11.3 Å². The highest BCUT2D eigenvalue weighted by Gasteiger charge is 2.30. The number of amides is 1. The van der Waals surface area contributed by atoms with Gasteiger partial charge in [-0.1, -0.05) is 24.3 Å². The van der Waals surface area contributed by atoms with Crippen molar-refractivity contribution in [2.75, 3.05) is 0 Å². The molecular weight excluding hydrogens is 334 g/mol. The lowest BCUT2D eigenvalue weighted by molar-refractivity contribution is -0.124. The number of rotatable bonds is 4. The lowest BCUT2D eigenvalue weighted by Crippen LogP contribution is -2.48. The molecule has 0 unspecified atom stereocenters. The van der Waals surface area contributed by atoms with Crippen molar-refractivity contribution in [2.24, 2.45) is 5.73 Å². The molecule has 4 rings (SSSR count). The number of nitrogens with two attached hydrogens (primary N) is 1. The molecule has 3 aromatic rings. The van der Waals surface area contributed by atoms with Crippen LogP contribution in [0, 0.1) is 6.92 Å². The van der Waals surface area contributed by atoms with E-state index in [-0.39, 0.29) is 11.9 Å². The Hall–Kier alpha value is -2.44. The molecule has 0 saturated carbocycles. The van der Waals surface area contributed by atoms with Crippen LogP contribution < -0.4 is 5.73 Å². The maximum atomic E-state index is 11.9. The fourth-order valence-corrected chi connectivity index (χ4v) is 4.04. The van der Waals surface area contributed by atoms with E-state index in [1.807, 2.05) is 36.6 Å². The Morgan fingerprint density at radius 2 is 2.12 bits per heavy atom. The summed E-state index contributed by atoms with van der Waals surface area (Å²) in [7, 11) is 0. The summed E-state index contributed by atoms with van der Waals surface area (Å²) < 4.78 is 5.64. The fourth-order valence-electron chi connectivity index (χ4n) is 3.27. The van der Waals surface area contributed by atoms with Crippen molar-refractivity contribution in [3.63, 3.8) is 0 Å². The molecule has 2 aromatic heterocycles. The van der Waals surface area contributed by atoms with Gasteiger partial charge < -0.3 is 10.2 Å². The molecule has 0 bridgehead atoms. The van der Waals surface area contributed by atoms with E-state index in [1.165, 1.54) is 11.1 Å². The Kier molecular flexibility index (Phi) is 4.15. The van der Waals surface area contributed by atoms with Crippen molar-refractivity contribution >= 4 is 17.2 Å². The van der Waals surface area contributed by atoms with Crippen LogP contribution in [0.3, 0.4) is 0 Å². The minimum atomic E-state index is -0.300. The molecule has 2 N–H and O–H groups in total. The topological polar surface area (TPSA) is 72.4 Å². The zero-order chi connectivity index (χ0) is 17.4. The lowest BCUT2D eigenvalue weighted by Gasteiger charge is -2.34. The summed E-state index contributed by atoms with van der Waals surface area (Å²) in [5, 5.41) is 2.88. The number of nitrogens with zero attached hydrogens (tertiary/aromatic N) is 2. The lowest BCUT2D eigenvalue weighted by atomic mass is 9.93. The van der Waals surface area contributed by atoms with Crippen molar-refractivity contribution in [1.82, 2.24) is 9.88 Å². The van der Waals surface area contributed by atoms with Crippen molar-refractivity contribution in [3.05, 3.63) is 64.4 Å². The minimum Gasteiger partial charge on any atom is -0.459 e. The molecule has 1 aliphatic rings. The van der Waals surface area contributed by atoms with E-state index in [4.69, 9.17) is 10.2 Å². The van der Waals surface area contributed by atoms with Crippen LogP contribution in [0.15, 0.2) is 46.2 Å². The highest BCUT2D eigenvalue weighted by Crippen LogP contribution is 2.28. The number of carbonyl (C=O) groups excluding carboxylic acids is 1. The summed E-state index contributed by atoms with van der Waals surface area (Å²) in [6.45, 7) is 3.22. The highest BCUT2D eigenvalue weighted by atomic mass is 32.1. The van der Waals surface area contributed by atoms with Crippen molar-refractivity contribution < 1.29 is 9.21 Å². The van der Waals surface area contributed by atoms with Gasteiger partial charge in [-0.25, -0.2) is 4.98 Å². The number of hydrogen-bond donors (Lipinski definition) is 1. The van der Waals surface area contributed by atoms with Crippen LogP contribution in [0.25, 0.3) is 10.8 Å². The van der Waals surface area contributed by atoms with E-state index in [2.05, 4.69) is 22.0 Å². The predicted octanol–water partition coefficient (Wildman–Crippen LogP) is 3.12. The van der Waals surface area contributed by atoms with Crippen LogP contribution in [0.1, 0.15) is 22.6 Å². The highest BCUT2D eigenvalue weighted by molar-refractivity contribution is 7.13. The van der Waals surface area contributed by atoms with E-state index in [0.29, 0.717) is 19.5 Å². The van der Waals surface area contributed by atoms with E-state index < -0.39 is 0 Å². The average Bonchev–Trinajstić information content (AvgIpc) is 3.23. The number of benzene rings is 1. The molecule has 5 nitrogen and oxygen atoms in total. The largest absolute Gasteiger partial charge is 0.459 e. The minimum absolute atomic E-state index is 0.286. The van der Waals surface area contributed by atoms with Gasteiger partial charge >= 0.3 is 0 Å². The Morgan fingerprint density at radius 3 is 2.84 bits per heavy atom. The molecule has 3 heterocycles. The van der Waals surface area contributed by atoms with Gasteiger partial charge in [0, 0.05) is 18.5 Å². The van der Waals surface area contributed by atoms with Crippen molar-refractivity contribution in [2.45, 2.75) is 32.5 Å². The number of furan rings is 1. The summed E-state index contributed by atoms with van der Waals surface area (Å²) in [5.74, 6) is 1.36. The molecule has 1 aromatic carbocycles. The number of aryl methyl sites for hydroxylation is 1. The number of primary amides is 1. The molecule has 128 valence electrons. The second-order valence-corrected chi connectivity index (χ2v) is 7.21. The van der Waals surface area contributed by atoms with Crippen LogP contribution in [0.5, 0.6) is 0 Å². The molecular formula is C19H19N3O2S. The van der Waals surface area contributed by atoms with Gasteiger partial charge in [0.15, 0.2) is 10.8 Å². The summed E-state index contributed by atoms with van der Waals surface area (Å²) in [6, 6.07) is 11.8. The zero-order valence-corrected chi connectivity index (χ0v) is 14.8. The molecule has 0 fully saturated rings. The summed E-state index contributed by atoms with van der Waals surface area (Å²) >= 11 is 1.55. The van der Waals surface area contributed by atoms with Crippen LogP contribution in [0.2, 0.25) is 0 Å². The maximum Gasteiger partial charge on any atom is 0.235 e. The second kappa shape index (κ2) is 6.46. The number of carbonyl (C=O) groups is 1. The summed E-state index contributed by atoms with van der Waals surface area (Å²) in [6.07, 6.45) is 0.653. The van der Waals surface area contributed by atoms with Gasteiger partial charge in [0.25, 0.3) is 0 Å². The van der Waals surface area contributed by atoms with Gasteiger partial charge in [-0.2, -0.15) is 0 Å². The van der Waals surface area contributed by atoms with Crippen molar-refractivity contribution in [3.8, 4) is 10.8 Å². The summed E-state index contributed by atoms with van der Waals surface area (Å²) in [4.78, 5) is 18.7. The second-order valence-electron chi connectivity index (χ2n) is 6.35. The summed E-state index contributed by atoms with van der Waals surface area (Å²) in [5.41, 5.74) is 9.03. The zero-order valence-electron chi connectivity index (χ0n) is 13.9. The third kappa shape index (κ3) is 3.23. The first-order chi connectivity index (χ1) is 12.1. The maximum absolute atomic E-state index is 11.9. The van der Waals surface area contributed by atoms with E-state index in [9.17, 15) is 4.79 Å². The monoisotopic (exact) mass is 353 g/mol. The van der Waals surface area contributed by atoms with Gasteiger partial charge in [0.05, 0.1) is 11.7 Å². The first kappa shape index (κ1) is 16.1. The smallest absolute Gasteiger partial charge is 0.235 e. The Balaban J connectivity index is 1.57. The van der Waals surface area contributed by atoms with Crippen LogP contribution in [-0.2, 0) is 24.3 Å². The fraction of sp³-hybridized carbons (Fsp3) is 0.263. The molecule has 1 amide bonds. The quantitative estimate of drug-likeness (QED) is 0.782. The number of fused-ring (bicyclic) bond motifs is 1. The van der Waals surface area contributed by atoms with E-state index in [1.54, 1.807) is 11.3 Å². The Morgan fingerprint density at radius 1 is 1.32 bits per heavy atom. The van der Waals surface area contributed by atoms with Gasteiger partial charge in [-0.3, -0.25) is 9.69 Å². The third-order valence-electron chi connectivity index (χ3n) is 4.54. The van der Waals surface area contributed by atoms with Crippen LogP contribution in [-0.4, -0.2) is 21.8 Å². The Labute approximate surface area is 150 Å². The predicted molar refractivity (Wildman–Crippen MR) is 96.9 cm³/mol. The molecule has 6 heteroatoms.